The van der Waals surface area contributed by atoms with Crippen molar-refractivity contribution in [3.8, 4) is 11.8 Å². The predicted molar refractivity (Wildman–Crippen MR) is 61.9 cm³/mol. The maximum absolute atomic E-state index is 5.97. The zero-order chi connectivity index (χ0) is 10.2. The van der Waals surface area contributed by atoms with Crippen molar-refractivity contribution in [2.75, 3.05) is 0 Å². The fraction of sp³-hybridized carbons (Fsp3) is 0.846. The highest BCUT2D eigenvalue weighted by molar-refractivity contribution is 4.97. The third-order valence-corrected chi connectivity index (χ3v) is 3.21. The lowest BCUT2D eigenvalue weighted by molar-refractivity contribution is 0.323. The maximum atomic E-state index is 5.97. The molecule has 0 aromatic carbocycles. The number of nitrogens with two attached hydrogens (primary N) is 1. The Hall–Kier alpha value is -0.480. The van der Waals surface area contributed by atoms with Gasteiger partial charge in [0.25, 0.3) is 0 Å². The normalized spacial score (nSPS) is 19.9. The summed E-state index contributed by atoms with van der Waals surface area (Å²) in [7, 11) is 0. The highest BCUT2D eigenvalue weighted by atomic mass is 14.6. The molecule has 0 radical (unpaired) electrons. The van der Waals surface area contributed by atoms with Gasteiger partial charge in [-0.1, -0.05) is 32.1 Å². The highest BCUT2D eigenvalue weighted by Gasteiger charge is 2.14. The molecule has 1 unspecified atom stereocenters. The summed E-state index contributed by atoms with van der Waals surface area (Å²) in [6.07, 6.45) is 10.6. The molecule has 0 saturated heterocycles. The van der Waals surface area contributed by atoms with Crippen LogP contribution in [0.5, 0.6) is 0 Å². The molecule has 0 aromatic heterocycles. The average molecular weight is 193 g/mol. The monoisotopic (exact) mass is 193 g/mol. The van der Waals surface area contributed by atoms with E-state index >= 15 is 0 Å². The van der Waals surface area contributed by atoms with Gasteiger partial charge in [-0.2, -0.15) is 0 Å². The number of rotatable bonds is 4. The predicted octanol–water partition coefficient (Wildman–Crippen LogP) is 3.09. The Morgan fingerprint density at radius 3 is 2.64 bits per heavy atom. The Morgan fingerprint density at radius 2 is 2.00 bits per heavy atom. The van der Waals surface area contributed by atoms with E-state index in [0.29, 0.717) is 6.04 Å². The molecule has 0 aliphatic heterocycles. The Morgan fingerprint density at radius 1 is 1.29 bits per heavy atom. The van der Waals surface area contributed by atoms with Gasteiger partial charge in [-0.15, -0.1) is 11.8 Å². The molecule has 0 heterocycles. The van der Waals surface area contributed by atoms with E-state index in [4.69, 9.17) is 5.73 Å². The van der Waals surface area contributed by atoms with Crippen molar-refractivity contribution >= 4 is 0 Å². The minimum atomic E-state index is 0.310. The molecule has 2 N–H and O–H groups in total. The molecule has 1 saturated carbocycles. The van der Waals surface area contributed by atoms with Crippen LogP contribution in [0.4, 0.5) is 0 Å². The van der Waals surface area contributed by atoms with Crippen LogP contribution in [-0.2, 0) is 0 Å². The third-order valence-electron chi connectivity index (χ3n) is 3.21. The van der Waals surface area contributed by atoms with E-state index in [9.17, 15) is 0 Å². The van der Waals surface area contributed by atoms with Crippen LogP contribution in [0, 0.1) is 17.8 Å². The van der Waals surface area contributed by atoms with E-state index in [2.05, 4.69) is 11.8 Å². The lowest BCUT2D eigenvalue weighted by Gasteiger charge is -2.22. The van der Waals surface area contributed by atoms with Crippen molar-refractivity contribution in [1.82, 2.24) is 0 Å². The largest absolute Gasteiger partial charge is 0.327 e. The zero-order valence-corrected chi connectivity index (χ0v) is 9.39. The zero-order valence-electron chi connectivity index (χ0n) is 9.39. The van der Waals surface area contributed by atoms with Crippen molar-refractivity contribution in [2.24, 2.45) is 11.7 Å². The Balaban J connectivity index is 2.08. The first-order valence-electron chi connectivity index (χ1n) is 5.98. The molecule has 1 fully saturated rings. The first-order valence-corrected chi connectivity index (χ1v) is 5.98. The first kappa shape index (κ1) is 11.6. The van der Waals surface area contributed by atoms with Crippen molar-refractivity contribution in [3.63, 3.8) is 0 Å². The van der Waals surface area contributed by atoms with Crippen LogP contribution in [0.15, 0.2) is 0 Å². The van der Waals surface area contributed by atoms with Gasteiger partial charge in [0, 0.05) is 12.5 Å². The van der Waals surface area contributed by atoms with Gasteiger partial charge in [-0.3, -0.25) is 0 Å². The van der Waals surface area contributed by atoms with Gasteiger partial charge in [0.15, 0.2) is 0 Å². The third kappa shape index (κ3) is 4.67. The standard InChI is InChI=1S/C13H23N/c1-2-3-9-13(14)11-10-12-7-5-4-6-8-12/h12-13H,4-11,14H2,1H3. The van der Waals surface area contributed by atoms with E-state index in [1.54, 1.807) is 0 Å². The Labute approximate surface area is 88.5 Å². The summed E-state index contributed by atoms with van der Waals surface area (Å²) in [4.78, 5) is 0. The quantitative estimate of drug-likeness (QED) is 0.682. The molecule has 1 rings (SSSR count). The lowest BCUT2D eigenvalue weighted by atomic mass is 9.85. The average Bonchev–Trinajstić information content (AvgIpc) is 2.25. The van der Waals surface area contributed by atoms with Gasteiger partial charge in [0.05, 0.1) is 0 Å². The summed E-state index contributed by atoms with van der Waals surface area (Å²) in [5, 5.41) is 0. The summed E-state index contributed by atoms with van der Waals surface area (Å²) in [5.41, 5.74) is 5.97. The molecular weight excluding hydrogens is 170 g/mol. The maximum Gasteiger partial charge on any atom is 0.0241 e. The second-order valence-electron chi connectivity index (χ2n) is 4.47. The van der Waals surface area contributed by atoms with E-state index in [1.165, 1.54) is 44.9 Å². The van der Waals surface area contributed by atoms with Gasteiger partial charge < -0.3 is 5.73 Å². The molecule has 0 spiro atoms. The minimum absolute atomic E-state index is 0.310. The van der Waals surface area contributed by atoms with Crippen LogP contribution in [0.1, 0.15) is 58.3 Å². The summed E-state index contributed by atoms with van der Waals surface area (Å²) in [6, 6.07) is 0.310. The van der Waals surface area contributed by atoms with Gasteiger partial charge in [-0.25, -0.2) is 0 Å². The molecule has 0 amide bonds. The van der Waals surface area contributed by atoms with E-state index < -0.39 is 0 Å². The molecule has 1 atom stereocenters. The molecule has 80 valence electrons. The van der Waals surface area contributed by atoms with Gasteiger partial charge in [0.2, 0.25) is 0 Å². The summed E-state index contributed by atoms with van der Waals surface area (Å²) in [5.74, 6) is 6.93. The topological polar surface area (TPSA) is 26.0 Å². The fourth-order valence-corrected chi connectivity index (χ4v) is 2.26. The second kappa shape index (κ2) is 6.90. The Bertz CT molecular complexity index is 193. The van der Waals surface area contributed by atoms with Crippen molar-refractivity contribution < 1.29 is 0 Å². The highest BCUT2D eigenvalue weighted by Crippen LogP contribution is 2.27. The molecule has 0 bridgehead atoms. The number of hydrogen-bond donors (Lipinski definition) is 1. The summed E-state index contributed by atoms with van der Waals surface area (Å²) in [6.45, 7) is 1.88. The van der Waals surface area contributed by atoms with E-state index in [0.717, 1.165) is 12.3 Å². The van der Waals surface area contributed by atoms with Gasteiger partial charge in [0.1, 0.15) is 0 Å². The van der Waals surface area contributed by atoms with Crippen molar-refractivity contribution in [2.45, 2.75) is 64.3 Å². The molecule has 1 nitrogen and oxygen atoms in total. The summed E-state index contributed by atoms with van der Waals surface area (Å²) < 4.78 is 0. The molecule has 0 aromatic rings. The van der Waals surface area contributed by atoms with Crippen LogP contribution in [-0.4, -0.2) is 6.04 Å². The molecule has 1 aliphatic rings. The van der Waals surface area contributed by atoms with Crippen LogP contribution < -0.4 is 5.73 Å². The number of hydrogen-bond acceptors (Lipinski definition) is 1. The fourth-order valence-electron chi connectivity index (χ4n) is 2.26. The first-order chi connectivity index (χ1) is 6.83. The van der Waals surface area contributed by atoms with E-state index in [1.807, 2.05) is 6.92 Å². The second-order valence-corrected chi connectivity index (χ2v) is 4.47. The molecule has 1 heteroatoms. The van der Waals surface area contributed by atoms with Crippen molar-refractivity contribution in [3.05, 3.63) is 0 Å². The van der Waals surface area contributed by atoms with Gasteiger partial charge in [-0.05, 0) is 25.7 Å². The molecule has 1 aliphatic carbocycles. The minimum Gasteiger partial charge on any atom is -0.327 e. The lowest BCUT2D eigenvalue weighted by Crippen LogP contribution is -2.20. The van der Waals surface area contributed by atoms with Crippen LogP contribution in [0.3, 0.4) is 0 Å². The summed E-state index contributed by atoms with van der Waals surface area (Å²) >= 11 is 0. The van der Waals surface area contributed by atoms with E-state index in [-0.39, 0.29) is 0 Å². The smallest absolute Gasteiger partial charge is 0.0241 e. The van der Waals surface area contributed by atoms with Gasteiger partial charge >= 0.3 is 0 Å². The SMILES string of the molecule is CC#CCC(N)CCC1CCCCC1. The van der Waals surface area contributed by atoms with Crippen LogP contribution in [0.25, 0.3) is 0 Å². The molecule has 14 heavy (non-hydrogen) atoms. The van der Waals surface area contributed by atoms with Crippen LogP contribution >= 0.6 is 0 Å². The Kier molecular flexibility index (Phi) is 5.71. The molecular formula is C13H23N. The van der Waals surface area contributed by atoms with Crippen molar-refractivity contribution in [1.29, 1.82) is 0 Å². The van der Waals surface area contributed by atoms with Crippen LogP contribution in [0.2, 0.25) is 0 Å².